The van der Waals surface area contributed by atoms with Gasteiger partial charge in [-0.3, -0.25) is 9.89 Å². The Morgan fingerprint density at radius 1 is 1.13 bits per heavy atom. The third-order valence-electron chi connectivity index (χ3n) is 7.15. The third-order valence-corrected chi connectivity index (χ3v) is 7.15. The second kappa shape index (κ2) is 8.94. The Kier molecular flexibility index (Phi) is 5.89. The van der Waals surface area contributed by atoms with E-state index in [2.05, 4.69) is 25.0 Å². The maximum Gasteiger partial charge on any atom is 0.226 e. The zero-order valence-corrected chi connectivity index (χ0v) is 18.3. The van der Waals surface area contributed by atoms with Crippen LogP contribution in [-0.2, 0) is 9.53 Å². The molecule has 31 heavy (non-hydrogen) atoms. The minimum absolute atomic E-state index is 0.0260. The van der Waals surface area contributed by atoms with Crippen molar-refractivity contribution in [2.45, 2.75) is 63.5 Å². The van der Waals surface area contributed by atoms with Crippen LogP contribution in [0.15, 0.2) is 18.5 Å². The lowest BCUT2D eigenvalue weighted by Gasteiger charge is -2.33. The fraction of sp³-hybridized carbons (Fsp3) is 0.652. The van der Waals surface area contributed by atoms with Crippen LogP contribution in [0.1, 0.15) is 63.1 Å². The summed E-state index contributed by atoms with van der Waals surface area (Å²) in [6, 6.07) is 1.97. The number of H-pyrrole nitrogens is 1. The van der Waals surface area contributed by atoms with Crippen molar-refractivity contribution >= 4 is 11.9 Å². The topological polar surface area (TPSA) is 87.2 Å². The maximum absolute atomic E-state index is 13.4. The van der Waals surface area contributed by atoms with Gasteiger partial charge in [-0.05, 0) is 51.0 Å². The van der Waals surface area contributed by atoms with Gasteiger partial charge in [0.15, 0.2) is 0 Å². The molecule has 3 atom stereocenters. The lowest BCUT2D eigenvalue weighted by molar-refractivity contribution is -0.139. The normalized spacial score (nSPS) is 26.5. The van der Waals surface area contributed by atoms with Crippen LogP contribution < -0.4 is 4.90 Å². The molecule has 1 saturated carbocycles. The summed E-state index contributed by atoms with van der Waals surface area (Å²) < 4.78 is 5.56. The number of rotatable bonds is 5. The number of likely N-dealkylation sites (tertiary alicyclic amines) is 1. The number of hydrogen-bond donors (Lipinski definition) is 1. The number of nitrogens with zero attached hydrogens (tertiary/aromatic N) is 5. The van der Waals surface area contributed by atoms with Gasteiger partial charge in [0, 0.05) is 44.4 Å². The van der Waals surface area contributed by atoms with Crippen molar-refractivity contribution in [2.24, 2.45) is 5.92 Å². The first-order valence-electron chi connectivity index (χ1n) is 11.7. The van der Waals surface area contributed by atoms with Gasteiger partial charge in [0.1, 0.15) is 0 Å². The Hall–Kier alpha value is -2.48. The fourth-order valence-corrected chi connectivity index (χ4v) is 5.47. The van der Waals surface area contributed by atoms with Crippen molar-refractivity contribution in [1.82, 2.24) is 25.1 Å². The van der Waals surface area contributed by atoms with Crippen LogP contribution in [0, 0.1) is 5.92 Å². The van der Waals surface area contributed by atoms with E-state index in [1.165, 1.54) is 12.8 Å². The summed E-state index contributed by atoms with van der Waals surface area (Å²) in [4.78, 5) is 27.1. The monoisotopic (exact) mass is 424 g/mol. The Morgan fingerprint density at radius 3 is 2.84 bits per heavy atom. The van der Waals surface area contributed by atoms with Gasteiger partial charge in [0.25, 0.3) is 0 Å². The molecule has 0 aromatic carbocycles. The predicted octanol–water partition coefficient (Wildman–Crippen LogP) is 3.34. The molecule has 1 amide bonds. The van der Waals surface area contributed by atoms with Gasteiger partial charge in [-0.2, -0.15) is 5.10 Å². The van der Waals surface area contributed by atoms with Crippen LogP contribution in [0.2, 0.25) is 0 Å². The molecule has 0 radical (unpaired) electrons. The molecule has 2 saturated heterocycles. The van der Waals surface area contributed by atoms with Gasteiger partial charge in [0.2, 0.25) is 11.9 Å². The number of anilines is 1. The number of nitrogens with one attached hydrogen (secondary N) is 1. The molecule has 2 aliphatic heterocycles. The van der Waals surface area contributed by atoms with E-state index in [0.29, 0.717) is 0 Å². The molecule has 3 unspecified atom stereocenters. The standard InChI is InChI=1S/C23H32N6O2/c1-31-17-7-4-6-16(14-17)22(30)29-13-5-8-20(29)21-18(15-25-27-21)19-9-10-24-23(26-19)28-11-2-3-12-28/h9-10,15-17,20H,2-8,11-14H2,1H3,(H,25,27). The summed E-state index contributed by atoms with van der Waals surface area (Å²) in [5, 5.41) is 7.55. The minimum atomic E-state index is 0.0260. The van der Waals surface area contributed by atoms with Crippen molar-refractivity contribution in [1.29, 1.82) is 0 Å². The van der Waals surface area contributed by atoms with Gasteiger partial charge in [0.05, 0.1) is 29.7 Å². The first-order valence-corrected chi connectivity index (χ1v) is 11.7. The summed E-state index contributed by atoms with van der Waals surface area (Å²) in [6.45, 7) is 2.83. The highest BCUT2D eigenvalue weighted by Crippen LogP contribution is 2.39. The Morgan fingerprint density at radius 2 is 2.00 bits per heavy atom. The SMILES string of the molecule is COC1CCCC(C(=O)N2CCCC2c2[nH]ncc2-c2ccnc(N3CCCC3)n2)C1. The summed E-state index contributed by atoms with van der Waals surface area (Å²) in [7, 11) is 1.76. The van der Waals surface area contributed by atoms with Crippen LogP contribution in [0.5, 0.6) is 0 Å². The molecule has 3 fully saturated rings. The van der Waals surface area contributed by atoms with E-state index < -0.39 is 0 Å². The number of ether oxygens (including phenoxy) is 1. The molecule has 3 aliphatic rings. The largest absolute Gasteiger partial charge is 0.381 e. The highest BCUT2D eigenvalue weighted by Gasteiger charge is 2.38. The zero-order chi connectivity index (χ0) is 21.2. The summed E-state index contributed by atoms with van der Waals surface area (Å²) in [6.07, 6.45) is 12.1. The van der Waals surface area contributed by atoms with Crippen molar-refractivity contribution in [3.8, 4) is 11.3 Å². The van der Waals surface area contributed by atoms with Gasteiger partial charge in [-0.15, -0.1) is 0 Å². The summed E-state index contributed by atoms with van der Waals surface area (Å²) >= 11 is 0. The number of methoxy groups -OCH3 is 1. The molecule has 8 heteroatoms. The number of aromatic amines is 1. The number of carbonyl (C=O) groups is 1. The molecule has 0 spiro atoms. The van der Waals surface area contributed by atoms with Crippen LogP contribution in [-0.4, -0.2) is 63.8 Å². The van der Waals surface area contributed by atoms with E-state index in [0.717, 1.165) is 81.1 Å². The van der Waals surface area contributed by atoms with E-state index in [1.807, 2.05) is 18.5 Å². The summed E-state index contributed by atoms with van der Waals surface area (Å²) in [5.74, 6) is 1.12. The molecule has 0 bridgehead atoms. The first-order chi connectivity index (χ1) is 15.2. The first kappa shape index (κ1) is 20.4. The second-order valence-electron chi connectivity index (χ2n) is 9.04. The van der Waals surface area contributed by atoms with Crippen LogP contribution in [0.25, 0.3) is 11.3 Å². The van der Waals surface area contributed by atoms with E-state index in [4.69, 9.17) is 9.72 Å². The van der Waals surface area contributed by atoms with Gasteiger partial charge >= 0.3 is 0 Å². The van der Waals surface area contributed by atoms with E-state index in [-0.39, 0.29) is 24.0 Å². The lowest BCUT2D eigenvalue weighted by atomic mass is 9.86. The summed E-state index contributed by atoms with van der Waals surface area (Å²) in [5.41, 5.74) is 2.85. The molecule has 2 aromatic rings. The average molecular weight is 425 g/mol. The maximum atomic E-state index is 13.4. The van der Waals surface area contributed by atoms with Gasteiger partial charge in [-0.25, -0.2) is 9.97 Å². The van der Waals surface area contributed by atoms with E-state index in [1.54, 1.807) is 7.11 Å². The lowest BCUT2D eigenvalue weighted by Crippen LogP contribution is -2.39. The molecule has 2 aromatic heterocycles. The smallest absolute Gasteiger partial charge is 0.226 e. The van der Waals surface area contributed by atoms with Crippen LogP contribution in [0.3, 0.4) is 0 Å². The molecular formula is C23H32N6O2. The molecular weight excluding hydrogens is 392 g/mol. The van der Waals surface area contributed by atoms with Gasteiger partial charge in [-0.1, -0.05) is 6.42 Å². The van der Waals surface area contributed by atoms with Crippen molar-refractivity contribution in [3.05, 3.63) is 24.2 Å². The molecule has 4 heterocycles. The predicted molar refractivity (Wildman–Crippen MR) is 118 cm³/mol. The molecule has 5 rings (SSSR count). The number of amides is 1. The number of hydrogen-bond acceptors (Lipinski definition) is 6. The Bertz CT molecular complexity index is 909. The van der Waals surface area contributed by atoms with Crippen LogP contribution in [0.4, 0.5) is 5.95 Å². The molecule has 1 N–H and O–H groups in total. The molecule has 8 nitrogen and oxygen atoms in total. The number of aromatic nitrogens is 4. The Balaban J connectivity index is 1.38. The van der Waals surface area contributed by atoms with Gasteiger partial charge < -0.3 is 14.5 Å². The van der Waals surface area contributed by atoms with Crippen LogP contribution >= 0.6 is 0 Å². The third kappa shape index (κ3) is 4.05. The van der Waals surface area contributed by atoms with E-state index in [9.17, 15) is 4.79 Å². The quantitative estimate of drug-likeness (QED) is 0.792. The zero-order valence-electron chi connectivity index (χ0n) is 18.3. The fourth-order valence-electron chi connectivity index (χ4n) is 5.47. The average Bonchev–Trinajstić information content (AvgIpc) is 3.59. The minimum Gasteiger partial charge on any atom is -0.381 e. The second-order valence-corrected chi connectivity index (χ2v) is 9.04. The molecule has 1 aliphatic carbocycles. The highest BCUT2D eigenvalue weighted by molar-refractivity contribution is 5.80. The van der Waals surface area contributed by atoms with Crippen molar-refractivity contribution < 1.29 is 9.53 Å². The van der Waals surface area contributed by atoms with E-state index >= 15 is 0 Å². The Labute approximate surface area is 183 Å². The van der Waals surface area contributed by atoms with Crippen molar-refractivity contribution in [2.75, 3.05) is 31.6 Å². The van der Waals surface area contributed by atoms with Crippen molar-refractivity contribution in [3.63, 3.8) is 0 Å². The highest BCUT2D eigenvalue weighted by atomic mass is 16.5. The number of carbonyl (C=O) groups excluding carboxylic acids is 1. The molecule has 166 valence electrons.